The Kier molecular flexibility index (Phi) is 3.07. The lowest BCUT2D eigenvalue weighted by Gasteiger charge is -2.06. The molecule has 3 N–H and O–H groups in total. The summed E-state index contributed by atoms with van der Waals surface area (Å²) >= 11 is 0. The highest BCUT2D eigenvalue weighted by Crippen LogP contribution is 1.96. The molecule has 6 heteroatoms. The first-order chi connectivity index (χ1) is 6.15. The molecule has 1 aromatic rings. The number of nitrogens with zero attached hydrogens (tertiary/aromatic N) is 1. The minimum Gasteiger partial charge on any atom is -0.391 e. The normalized spacial score (nSPS) is 13.1. The number of nitrogens with one attached hydrogen (secondary N) is 2. The van der Waals surface area contributed by atoms with Crippen LogP contribution in [0.1, 0.15) is 19.8 Å². The lowest BCUT2D eigenvalue weighted by molar-refractivity contribution is 0.141. The molecule has 0 spiro atoms. The van der Waals surface area contributed by atoms with Crippen LogP contribution in [0.5, 0.6) is 0 Å². The summed E-state index contributed by atoms with van der Waals surface area (Å²) in [5.74, 6) is 0. The first-order valence-electron chi connectivity index (χ1n) is 4.20. The molecule has 1 heterocycles. The Balaban J connectivity index is 2.74. The first-order valence-corrected chi connectivity index (χ1v) is 4.20. The zero-order valence-electron chi connectivity index (χ0n) is 7.41. The van der Waals surface area contributed by atoms with Gasteiger partial charge in [0.2, 0.25) is 0 Å². The van der Waals surface area contributed by atoms with Crippen LogP contribution in [0.3, 0.4) is 0 Å². The number of aliphatic hydroxyl groups excluding tert-OH is 1. The predicted octanol–water partition coefficient (Wildman–Crippen LogP) is -0.974. The second-order valence-electron chi connectivity index (χ2n) is 2.91. The van der Waals surface area contributed by atoms with Crippen molar-refractivity contribution in [1.82, 2.24) is 14.8 Å². The third-order valence-electron chi connectivity index (χ3n) is 1.78. The van der Waals surface area contributed by atoms with Gasteiger partial charge in [0, 0.05) is 0 Å². The molecule has 13 heavy (non-hydrogen) atoms. The van der Waals surface area contributed by atoms with Crippen LogP contribution in [0, 0.1) is 0 Å². The van der Waals surface area contributed by atoms with Crippen molar-refractivity contribution in [3.05, 3.63) is 21.0 Å². The maximum absolute atomic E-state index is 10.9. The Labute approximate surface area is 74.2 Å². The van der Waals surface area contributed by atoms with Gasteiger partial charge in [-0.25, -0.2) is 24.4 Å². The van der Waals surface area contributed by atoms with E-state index in [1.165, 1.54) is 0 Å². The molecule has 0 bridgehead atoms. The summed E-state index contributed by atoms with van der Waals surface area (Å²) in [5, 5.41) is 13.6. The summed E-state index contributed by atoms with van der Waals surface area (Å²) in [6.45, 7) is 1.97. The highest BCUT2D eigenvalue weighted by atomic mass is 16.3. The molecular weight excluding hydrogens is 174 g/mol. The number of aromatic amines is 2. The van der Waals surface area contributed by atoms with Crippen LogP contribution in [0.25, 0.3) is 0 Å². The van der Waals surface area contributed by atoms with Gasteiger partial charge in [0.05, 0.1) is 12.6 Å². The summed E-state index contributed by atoms with van der Waals surface area (Å²) in [7, 11) is 0. The molecule has 1 aromatic heterocycles. The molecule has 0 saturated heterocycles. The number of aromatic nitrogens is 3. The van der Waals surface area contributed by atoms with Gasteiger partial charge in [0.1, 0.15) is 0 Å². The average Bonchev–Trinajstić information content (AvgIpc) is 2.36. The van der Waals surface area contributed by atoms with Gasteiger partial charge in [0.15, 0.2) is 0 Å². The SMILES string of the molecule is CCCC(O)Cn1c(=O)[nH][nH]c1=O. The van der Waals surface area contributed by atoms with Crippen LogP contribution in [-0.2, 0) is 6.54 Å². The Bertz CT molecular complexity index is 334. The molecule has 1 rings (SSSR count). The molecule has 0 aliphatic carbocycles. The Morgan fingerprint density at radius 2 is 1.92 bits per heavy atom. The number of hydrogen-bond acceptors (Lipinski definition) is 3. The van der Waals surface area contributed by atoms with E-state index in [9.17, 15) is 14.7 Å². The molecule has 1 unspecified atom stereocenters. The molecular formula is C7H13N3O3. The van der Waals surface area contributed by atoms with Gasteiger partial charge < -0.3 is 5.11 Å². The minimum absolute atomic E-state index is 0.0471. The summed E-state index contributed by atoms with van der Waals surface area (Å²) in [6, 6.07) is 0. The highest BCUT2D eigenvalue weighted by molar-refractivity contribution is 4.68. The van der Waals surface area contributed by atoms with E-state index >= 15 is 0 Å². The van der Waals surface area contributed by atoms with Crippen LogP contribution in [0.15, 0.2) is 9.59 Å². The largest absolute Gasteiger partial charge is 0.391 e. The van der Waals surface area contributed by atoms with Crippen molar-refractivity contribution >= 4 is 0 Å². The Hall–Kier alpha value is -1.30. The van der Waals surface area contributed by atoms with E-state index in [-0.39, 0.29) is 6.54 Å². The van der Waals surface area contributed by atoms with Gasteiger partial charge in [-0.2, -0.15) is 0 Å². The second-order valence-corrected chi connectivity index (χ2v) is 2.91. The van der Waals surface area contributed by atoms with E-state index in [1.807, 2.05) is 6.92 Å². The fourth-order valence-corrected chi connectivity index (χ4v) is 1.14. The maximum Gasteiger partial charge on any atom is 0.344 e. The van der Waals surface area contributed by atoms with Crippen molar-refractivity contribution in [3.63, 3.8) is 0 Å². The molecule has 0 fully saturated rings. The standard InChI is InChI=1S/C7H13N3O3/c1-2-3-5(11)4-10-6(12)8-9-7(10)13/h5,11H,2-4H2,1H3,(H,8,12)(H,9,13). The van der Waals surface area contributed by atoms with E-state index < -0.39 is 17.5 Å². The number of aliphatic hydroxyl groups is 1. The molecule has 1 atom stereocenters. The Morgan fingerprint density at radius 1 is 1.38 bits per heavy atom. The van der Waals surface area contributed by atoms with Crippen LogP contribution in [0.4, 0.5) is 0 Å². The molecule has 0 radical (unpaired) electrons. The fourth-order valence-electron chi connectivity index (χ4n) is 1.14. The third kappa shape index (κ3) is 2.32. The third-order valence-corrected chi connectivity index (χ3v) is 1.78. The molecule has 0 amide bonds. The van der Waals surface area contributed by atoms with Crippen LogP contribution >= 0.6 is 0 Å². The molecule has 0 aromatic carbocycles. The number of H-pyrrole nitrogens is 2. The van der Waals surface area contributed by atoms with Crippen molar-refractivity contribution in [1.29, 1.82) is 0 Å². The zero-order chi connectivity index (χ0) is 9.84. The first kappa shape index (κ1) is 9.79. The van der Waals surface area contributed by atoms with Gasteiger partial charge in [-0.05, 0) is 6.42 Å². The van der Waals surface area contributed by atoms with Crippen LogP contribution < -0.4 is 11.4 Å². The fraction of sp³-hybridized carbons (Fsp3) is 0.714. The van der Waals surface area contributed by atoms with Gasteiger partial charge in [-0.3, -0.25) is 0 Å². The van der Waals surface area contributed by atoms with Gasteiger partial charge in [-0.1, -0.05) is 13.3 Å². The summed E-state index contributed by atoms with van der Waals surface area (Å²) in [6.07, 6.45) is 0.759. The minimum atomic E-state index is -0.639. The lowest BCUT2D eigenvalue weighted by Crippen LogP contribution is -2.31. The summed E-state index contributed by atoms with van der Waals surface area (Å²) < 4.78 is 0.945. The van der Waals surface area contributed by atoms with Crippen LogP contribution in [-0.4, -0.2) is 26.0 Å². The van der Waals surface area contributed by atoms with E-state index in [4.69, 9.17) is 0 Å². The molecule has 0 saturated carbocycles. The van der Waals surface area contributed by atoms with E-state index in [0.717, 1.165) is 11.0 Å². The number of rotatable bonds is 4. The predicted molar refractivity (Wildman–Crippen MR) is 46.6 cm³/mol. The monoisotopic (exact) mass is 187 g/mol. The molecule has 0 aliphatic rings. The summed E-state index contributed by atoms with van der Waals surface area (Å²) in [4.78, 5) is 21.9. The zero-order valence-corrected chi connectivity index (χ0v) is 7.41. The van der Waals surface area contributed by atoms with Crippen LogP contribution in [0.2, 0.25) is 0 Å². The van der Waals surface area contributed by atoms with Crippen molar-refractivity contribution in [2.24, 2.45) is 0 Å². The van der Waals surface area contributed by atoms with Gasteiger partial charge in [-0.15, -0.1) is 0 Å². The van der Waals surface area contributed by atoms with Crippen molar-refractivity contribution in [2.45, 2.75) is 32.4 Å². The second kappa shape index (κ2) is 4.08. The highest BCUT2D eigenvalue weighted by Gasteiger charge is 2.08. The van der Waals surface area contributed by atoms with Gasteiger partial charge >= 0.3 is 11.4 Å². The van der Waals surface area contributed by atoms with E-state index in [1.54, 1.807) is 0 Å². The smallest absolute Gasteiger partial charge is 0.344 e. The summed E-state index contributed by atoms with van der Waals surface area (Å²) in [5.41, 5.74) is -1.03. The average molecular weight is 187 g/mol. The topological polar surface area (TPSA) is 90.9 Å². The Morgan fingerprint density at radius 3 is 2.38 bits per heavy atom. The molecule has 6 nitrogen and oxygen atoms in total. The van der Waals surface area contributed by atoms with E-state index in [0.29, 0.717) is 6.42 Å². The van der Waals surface area contributed by atoms with Crippen molar-refractivity contribution in [3.8, 4) is 0 Å². The van der Waals surface area contributed by atoms with Crippen molar-refractivity contribution < 1.29 is 5.11 Å². The maximum atomic E-state index is 10.9. The molecule has 74 valence electrons. The van der Waals surface area contributed by atoms with Crippen molar-refractivity contribution in [2.75, 3.05) is 0 Å². The van der Waals surface area contributed by atoms with E-state index in [2.05, 4.69) is 10.2 Å². The van der Waals surface area contributed by atoms with Gasteiger partial charge in [0.25, 0.3) is 0 Å². The number of hydrogen-bond donors (Lipinski definition) is 3. The lowest BCUT2D eigenvalue weighted by atomic mass is 10.2. The quantitative estimate of drug-likeness (QED) is 0.566. The molecule has 0 aliphatic heterocycles.